The molecule has 0 bridgehead atoms. The molecule has 1 aromatic rings. The van der Waals surface area contributed by atoms with Crippen LogP contribution in [0.15, 0.2) is 30.3 Å². The molecule has 0 amide bonds. The predicted octanol–water partition coefficient (Wildman–Crippen LogP) is 3.83. The first-order chi connectivity index (χ1) is 7.19. The second kappa shape index (κ2) is 5.53. The van der Waals surface area contributed by atoms with Crippen molar-refractivity contribution in [3.05, 3.63) is 35.9 Å². The van der Waals surface area contributed by atoms with E-state index in [-0.39, 0.29) is 5.00 Å². The lowest BCUT2D eigenvalue weighted by atomic mass is 10.0. The Hall–Kier alpha value is -0.530. The van der Waals surface area contributed by atoms with Crippen molar-refractivity contribution in [1.29, 1.82) is 0 Å². The van der Waals surface area contributed by atoms with Crippen molar-refractivity contribution in [2.75, 3.05) is 13.1 Å². The monoisotopic (exact) mass is 225 g/mol. The van der Waals surface area contributed by atoms with E-state index in [1.807, 2.05) is 18.2 Å². The van der Waals surface area contributed by atoms with Gasteiger partial charge in [-0.15, -0.1) is 0 Å². The Kier molecular flexibility index (Phi) is 4.62. The summed E-state index contributed by atoms with van der Waals surface area (Å²) in [4.78, 5) is 1.95. The number of benzene rings is 1. The highest BCUT2D eigenvalue weighted by Gasteiger charge is 2.32. The molecule has 0 aliphatic carbocycles. The van der Waals surface area contributed by atoms with Gasteiger partial charge in [-0.1, -0.05) is 62.7 Å². The van der Waals surface area contributed by atoms with E-state index in [0.717, 1.165) is 19.5 Å². The Morgan fingerprint density at radius 2 is 1.60 bits per heavy atom. The van der Waals surface area contributed by atoms with Gasteiger partial charge in [0.15, 0.2) is 0 Å². The van der Waals surface area contributed by atoms with Crippen LogP contribution in [0, 0.1) is 0 Å². The molecule has 0 saturated heterocycles. The van der Waals surface area contributed by atoms with Crippen molar-refractivity contribution in [3.63, 3.8) is 0 Å². The Labute approximate surface area is 98.0 Å². The number of hydrogen-bond acceptors (Lipinski definition) is 1. The summed E-state index contributed by atoms with van der Waals surface area (Å²) in [6.45, 7) is 8.39. The molecule has 0 aliphatic heterocycles. The summed E-state index contributed by atoms with van der Waals surface area (Å²) < 4.78 is 0. The zero-order valence-corrected chi connectivity index (χ0v) is 10.6. The van der Waals surface area contributed by atoms with E-state index in [9.17, 15) is 0 Å². The summed E-state index contributed by atoms with van der Waals surface area (Å²) >= 11 is 6.74. The Morgan fingerprint density at radius 1 is 1.07 bits per heavy atom. The van der Waals surface area contributed by atoms with Crippen LogP contribution in [0.4, 0.5) is 0 Å². The van der Waals surface area contributed by atoms with Crippen molar-refractivity contribution >= 4 is 11.6 Å². The molecule has 0 N–H and O–H groups in total. The fourth-order valence-electron chi connectivity index (χ4n) is 2.03. The predicted molar refractivity (Wildman–Crippen MR) is 67.2 cm³/mol. The summed E-state index contributed by atoms with van der Waals surface area (Å²) in [5.74, 6) is 0. The normalized spacial score (nSPS) is 15.3. The molecule has 0 radical (unpaired) electrons. The minimum Gasteiger partial charge on any atom is -0.282 e. The third kappa shape index (κ3) is 2.53. The molecule has 0 fully saturated rings. The molecule has 1 aromatic carbocycles. The maximum atomic E-state index is 6.74. The number of rotatable bonds is 5. The SMILES string of the molecule is CCN(CC)C(Cl)(CC)c1ccccc1. The first-order valence-corrected chi connectivity index (χ1v) is 6.06. The topological polar surface area (TPSA) is 3.24 Å². The average Bonchev–Trinajstić information content (AvgIpc) is 2.31. The van der Waals surface area contributed by atoms with Gasteiger partial charge >= 0.3 is 0 Å². The minimum absolute atomic E-state index is 0.342. The van der Waals surface area contributed by atoms with Crippen LogP contribution in [0.2, 0.25) is 0 Å². The molecule has 2 heteroatoms. The Bertz CT molecular complexity index is 282. The molecule has 1 nitrogen and oxygen atoms in total. The summed E-state index contributed by atoms with van der Waals surface area (Å²) in [5.41, 5.74) is 1.19. The third-order valence-corrected chi connectivity index (χ3v) is 3.67. The van der Waals surface area contributed by atoms with Gasteiger partial charge in [-0.25, -0.2) is 0 Å². The Morgan fingerprint density at radius 3 is 2.00 bits per heavy atom. The molecule has 1 unspecified atom stereocenters. The average molecular weight is 226 g/mol. The fourth-order valence-corrected chi connectivity index (χ4v) is 2.39. The van der Waals surface area contributed by atoms with Crippen molar-refractivity contribution in [1.82, 2.24) is 4.90 Å². The van der Waals surface area contributed by atoms with Gasteiger partial charge in [0.1, 0.15) is 5.00 Å². The van der Waals surface area contributed by atoms with E-state index in [4.69, 9.17) is 11.6 Å². The maximum Gasteiger partial charge on any atom is 0.121 e. The van der Waals surface area contributed by atoms with Crippen LogP contribution in [0.3, 0.4) is 0 Å². The molecule has 0 heterocycles. The van der Waals surface area contributed by atoms with Crippen LogP contribution >= 0.6 is 11.6 Å². The molecule has 0 aliphatic rings. The smallest absolute Gasteiger partial charge is 0.121 e. The van der Waals surface area contributed by atoms with Crippen LogP contribution in [0.5, 0.6) is 0 Å². The summed E-state index contributed by atoms with van der Waals surface area (Å²) in [6.07, 6.45) is 0.917. The van der Waals surface area contributed by atoms with Gasteiger partial charge in [-0.2, -0.15) is 0 Å². The third-order valence-electron chi connectivity index (χ3n) is 2.95. The number of halogens is 1. The highest BCUT2D eigenvalue weighted by Crippen LogP contribution is 2.35. The van der Waals surface area contributed by atoms with Crippen LogP contribution in [-0.2, 0) is 5.00 Å². The van der Waals surface area contributed by atoms with E-state index in [2.05, 4.69) is 37.8 Å². The molecule has 0 spiro atoms. The van der Waals surface area contributed by atoms with Crippen LogP contribution in [0.1, 0.15) is 32.8 Å². The van der Waals surface area contributed by atoms with E-state index in [1.54, 1.807) is 0 Å². The van der Waals surface area contributed by atoms with Crippen molar-refractivity contribution in [3.8, 4) is 0 Å². The highest BCUT2D eigenvalue weighted by molar-refractivity contribution is 6.23. The van der Waals surface area contributed by atoms with Crippen LogP contribution < -0.4 is 0 Å². The second-order valence-electron chi connectivity index (χ2n) is 3.65. The highest BCUT2D eigenvalue weighted by atomic mass is 35.5. The largest absolute Gasteiger partial charge is 0.282 e. The molecule has 1 rings (SSSR count). The van der Waals surface area contributed by atoms with E-state index in [1.165, 1.54) is 5.56 Å². The molecular weight excluding hydrogens is 206 g/mol. The molecule has 0 saturated carbocycles. The van der Waals surface area contributed by atoms with Crippen molar-refractivity contribution in [2.45, 2.75) is 32.2 Å². The molecule has 1 atom stereocenters. The minimum atomic E-state index is -0.342. The number of nitrogens with zero attached hydrogens (tertiary/aromatic N) is 1. The van der Waals surface area contributed by atoms with E-state index in [0.29, 0.717) is 0 Å². The number of hydrogen-bond donors (Lipinski definition) is 0. The first kappa shape index (κ1) is 12.5. The summed E-state index contributed by atoms with van der Waals surface area (Å²) in [7, 11) is 0. The lowest BCUT2D eigenvalue weighted by Gasteiger charge is -2.37. The van der Waals surface area contributed by atoms with Crippen LogP contribution in [-0.4, -0.2) is 18.0 Å². The molecule has 0 aromatic heterocycles. The molecular formula is C13H20ClN. The van der Waals surface area contributed by atoms with Gasteiger partial charge in [0.2, 0.25) is 0 Å². The van der Waals surface area contributed by atoms with Gasteiger partial charge in [-0.3, -0.25) is 4.90 Å². The van der Waals surface area contributed by atoms with E-state index < -0.39 is 0 Å². The summed E-state index contributed by atoms with van der Waals surface area (Å²) in [5, 5.41) is 0. The lowest BCUT2D eigenvalue weighted by molar-refractivity contribution is 0.173. The second-order valence-corrected chi connectivity index (χ2v) is 4.28. The zero-order valence-electron chi connectivity index (χ0n) is 9.83. The van der Waals surface area contributed by atoms with Gasteiger partial charge < -0.3 is 0 Å². The standard InChI is InChI=1S/C13H20ClN/c1-4-13(14,15(5-2)6-3)12-10-8-7-9-11-12/h7-11H,4-6H2,1-3H3. The molecule has 84 valence electrons. The van der Waals surface area contributed by atoms with Crippen molar-refractivity contribution in [2.24, 2.45) is 0 Å². The van der Waals surface area contributed by atoms with E-state index >= 15 is 0 Å². The maximum absolute atomic E-state index is 6.74. The quantitative estimate of drug-likeness (QED) is 0.544. The van der Waals surface area contributed by atoms with Gasteiger partial charge in [0.25, 0.3) is 0 Å². The first-order valence-electron chi connectivity index (χ1n) is 5.68. The van der Waals surface area contributed by atoms with Gasteiger partial charge in [0.05, 0.1) is 0 Å². The lowest BCUT2D eigenvalue weighted by Crippen LogP contribution is -2.41. The van der Waals surface area contributed by atoms with Crippen LogP contribution in [0.25, 0.3) is 0 Å². The van der Waals surface area contributed by atoms with Gasteiger partial charge in [0, 0.05) is 0 Å². The number of alkyl halides is 1. The summed E-state index contributed by atoms with van der Waals surface area (Å²) in [6, 6.07) is 10.3. The fraction of sp³-hybridized carbons (Fsp3) is 0.538. The zero-order chi connectivity index (χ0) is 11.3. The Balaban J connectivity index is 3.04. The molecule has 15 heavy (non-hydrogen) atoms. The van der Waals surface area contributed by atoms with Crippen molar-refractivity contribution < 1.29 is 0 Å². The van der Waals surface area contributed by atoms with Gasteiger partial charge in [-0.05, 0) is 25.1 Å².